The van der Waals surface area contributed by atoms with Crippen LogP contribution in [0.15, 0.2) is 54.6 Å². The zero-order valence-electron chi connectivity index (χ0n) is 16.0. The van der Waals surface area contributed by atoms with Gasteiger partial charge in [0.1, 0.15) is 0 Å². The zero-order chi connectivity index (χ0) is 20.3. The largest absolute Gasteiger partial charge is 0.289 e. The van der Waals surface area contributed by atoms with Crippen molar-refractivity contribution in [1.82, 2.24) is 9.78 Å². The first-order valence-corrected chi connectivity index (χ1v) is 8.92. The highest BCUT2D eigenvalue weighted by molar-refractivity contribution is 6.07. The second-order valence-electron chi connectivity index (χ2n) is 6.68. The third-order valence-electron chi connectivity index (χ3n) is 4.70. The quantitative estimate of drug-likeness (QED) is 0.272. The van der Waals surface area contributed by atoms with Crippen molar-refractivity contribution in [2.24, 2.45) is 0 Å². The summed E-state index contributed by atoms with van der Waals surface area (Å²) >= 11 is 0. The molecule has 0 aliphatic rings. The maximum Gasteiger partial charge on any atom is 0.273 e. The van der Waals surface area contributed by atoms with Gasteiger partial charge in [0.15, 0.2) is 5.78 Å². The maximum atomic E-state index is 12.5. The first kappa shape index (κ1) is 19.2. The van der Waals surface area contributed by atoms with Gasteiger partial charge in [0.25, 0.3) is 5.69 Å². The van der Waals surface area contributed by atoms with Crippen molar-refractivity contribution in [3.05, 3.63) is 98.4 Å². The van der Waals surface area contributed by atoms with Crippen LogP contribution in [0.3, 0.4) is 0 Å². The van der Waals surface area contributed by atoms with E-state index in [0.717, 1.165) is 22.5 Å². The van der Waals surface area contributed by atoms with Crippen LogP contribution in [0, 0.1) is 30.9 Å². The molecule has 28 heavy (non-hydrogen) atoms. The number of benzene rings is 2. The Bertz CT molecular complexity index is 1070. The molecule has 3 aromatic rings. The molecule has 0 aliphatic carbocycles. The van der Waals surface area contributed by atoms with E-state index in [9.17, 15) is 14.9 Å². The zero-order valence-corrected chi connectivity index (χ0v) is 16.0. The van der Waals surface area contributed by atoms with Crippen LogP contribution in [0.1, 0.15) is 38.4 Å². The molecule has 0 saturated carbocycles. The number of nitro benzene ring substituents is 1. The molecule has 0 fully saturated rings. The van der Waals surface area contributed by atoms with E-state index in [1.807, 2.05) is 48.9 Å². The predicted molar refractivity (Wildman–Crippen MR) is 108 cm³/mol. The predicted octanol–water partition coefficient (Wildman–Crippen LogP) is 4.66. The summed E-state index contributed by atoms with van der Waals surface area (Å²) in [6.45, 7) is 6.16. The smallest absolute Gasteiger partial charge is 0.273 e. The van der Waals surface area contributed by atoms with Gasteiger partial charge in [-0.25, -0.2) is 0 Å². The molecule has 0 spiro atoms. The molecular formula is C22H21N3O3. The Kier molecular flexibility index (Phi) is 5.49. The fourth-order valence-corrected chi connectivity index (χ4v) is 3.08. The lowest BCUT2D eigenvalue weighted by atomic mass is 10.1. The van der Waals surface area contributed by atoms with Gasteiger partial charge < -0.3 is 0 Å². The number of carbonyl (C=O) groups excluding carboxylic acids is 1. The van der Waals surface area contributed by atoms with Gasteiger partial charge in [0.2, 0.25) is 0 Å². The van der Waals surface area contributed by atoms with Crippen LogP contribution in [0.5, 0.6) is 0 Å². The number of hydrogen-bond donors (Lipinski definition) is 0. The summed E-state index contributed by atoms with van der Waals surface area (Å²) in [4.78, 5) is 23.1. The standard InChI is InChI=1S/C22H21N3O3/c1-15-9-10-19(13-21(15)25(27)28)22(26)12-11-20-16(2)23-24(17(20)3)14-18-7-5-4-6-8-18/h4-13H,14H2,1-3H3/b12-11+. The number of carbonyl (C=O) groups is 1. The van der Waals surface area contributed by atoms with Crippen LogP contribution in [0.2, 0.25) is 0 Å². The number of rotatable bonds is 6. The van der Waals surface area contributed by atoms with Crippen LogP contribution >= 0.6 is 0 Å². The van der Waals surface area contributed by atoms with E-state index in [0.29, 0.717) is 17.7 Å². The minimum atomic E-state index is -0.474. The fourth-order valence-electron chi connectivity index (χ4n) is 3.08. The second kappa shape index (κ2) is 8.00. The summed E-state index contributed by atoms with van der Waals surface area (Å²) in [6, 6.07) is 14.5. The number of allylic oxidation sites excluding steroid dienone is 1. The fraction of sp³-hybridized carbons (Fsp3) is 0.182. The van der Waals surface area contributed by atoms with E-state index >= 15 is 0 Å². The first-order chi connectivity index (χ1) is 13.4. The van der Waals surface area contributed by atoms with E-state index in [1.54, 1.807) is 25.1 Å². The number of aromatic nitrogens is 2. The maximum absolute atomic E-state index is 12.5. The highest BCUT2D eigenvalue weighted by atomic mass is 16.6. The average molecular weight is 375 g/mol. The lowest BCUT2D eigenvalue weighted by molar-refractivity contribution is -0.385. The molecule has 0 radical (unpaired) electrons. The van der Waals surface area contributed by atoms with Crippen molar-refractivity contribution in [2.75, 3.05) is 0 Å². The Hall–Kier alpha value is -3.54. The van der Waals surface area contributed by atoms with Crippen LogP contribution in [0.4, 0.5) is 5.69 Å². The molecule has 0 bridgehead atoms. The van der Waals surface area contributed by atoms with Gasteiger partial charge in [0.05, 0.1) is 17.2 Å². The van der Waals surface area contributed by atoms with Gasteiger partial charge in [-0.2, -0.15) is 5.10 Å². The normalized spacial score (nSPS) is 11.1. The van der Waals surface area contributed by atoms with Crippen LogP contribution in [-0.2, 0) is 6.54 Å². The summed E-state index contributed by atoms with van der Waals surface area (Å²) in [5.74, 6) is -0.280. The van der Waals surface area contributed by atoms with Gasteiger partial charge in [-0.3, -0.25) is 19.6 Å². The van der Waals surface area contributed by atoms with E-state index in [2.05, 4.69) is 5.10 Å². The molecule has 1 heterocycles. The average Bonchev–Trinajstić information content (AvgIpc) is 2.93. The third kappa shape index (κ3) is 4.06. The third-order valence-corrected chi connectivity index (χ3v) is 4.70. The molecule has 0 unspecified atom stereocenters. The number of nitrogens with zero attached hydrogens (tertiary/aromatic N) is 3. The van der Waals surface area contributed by atoms with E-state index < -0.39 is 4.92 Å². The second-order valence-corrected chi connectivity index (χ2v) is 6.68. The molecule has 3 rings (SSSR count). The molecule has 0 amide bonds. The number of nitro groups is 1. The lowest BCUT2D eigenvalue weighted by Crippen LogP contribution is -2.03. The van der Waals surface area contributed by atoms with Crippen molar-refractivity contribution in [1.29, 1.82) is 0 Å². The lowest BCUT2D eigenvalue weighted by Gasteiger charge is -2.04. The summed E-state index contributed by atoms with van der Waals surface area (Å²) in [6.07, 6.45) is 3.17. The minimum Gasteiger partial charge on any atom is -0.289 e. The first-order valence-electron chi connectivity index (χ1n) is 8.92. The molecule has 0 aliphatic heterocycles. The van der Waals surface area contributed by atoms with E-state index in [1.165, 1.54) is 12.1 Å². The molecule has 2 aromatic carbocycles. The summed E-state index contributed by atoms with van der Waals surface area (Å²) in [5, 5.41) is 15.7. The van der Waals surface area contributed by atoms with Crippen molar-refractivity contribution >= 4 is 17.5 Å². The molecule has 1 aromatic heterocycles. The van der Waals surface area contributed by atoms with Crippen molar-refractivity contribution < 1.29 is 9.72 Å². The topological polar surface area (TPSA) is 78.0 Å². The molecule has 6 heteroatoms. The molecular weight excluding hydrogens is 354 g/mol. The molecule has 0 atom stereocenters. The van der Waals surface area contributed by atoms with Crippen LogP contribution in [-0.4, -0.2) is 20.5 Å². The van der Waals surface area contributed by atoms with E-state index in [-0.39, 0.29) is 11.5 Å². The highest BCUT2D eigenvalue weighted by Gasteiger charge is 2.14. The van der Waals surface area contributed by atoms with Crippen LogP contribution in [0.25, 0.3) is 6.08 Å². The van der Waals surface area contributed by atoms with Crippen molar-refractivity contribution in [2.45, 2.75) is 27.3 Å². The van der Waals surface area contributed by atoms with Crippen molar-refractivity contribution in [3.63, 3.8) is 0 Å². The molecule has 0 saturated heterocycles. The summed E-state index contributed by atoms with van der Waals surface area (Å²) in [5.41, 5.74) is 4.58. The Labute approximate surface area is 163 Å². The molecule has 142 valence electrons. The molecule has 6 nitrogen and oxygen atoms in total. The summed E-state index contributed by atoms with van der Waals surface area (Å²) < 4.78 is 1.91. The minimum absolute atomic E-state index is 0.0534. The van der Waals surface area contributed by atoms with Gasteiger partial charge in [-0.05, 0) is 38.5 Å². The number of ketones is 1. The number of hydrogen-bond acceptors (Lipinski definition) is 4. The van der Waals surface area contributed by atoms with Gasteiger partial charge in [0, 0.05) is 28.5 Å². The number of aryl methyl sites for hydroxylation is 2. The van der Waals surface area contributed by atoms with Crippen LogP contribution < -0.4 is 0 Å². The van der Waals surface area contributed by atoms with Gasteiger partial charge >= 0.3 is 0 Å². The van der Waals surface area contributed by atoms with E-state index in [4.69, 9.17) is 0 Å². The monoisotopic (exact) mass is 375 g/mol. The van der Waals surface area contributed by atoms with Gasteiger partial charge in [-0.15, -0.1) is 0 Å². The van der Waals surface area contributed by atoms with Crippen molar-refractivity contribution in [3.8, 4) is 0 Å². The highest BCUT2D eigenvalue weighted by Crippen LogP contribution is 2.21. The van der Waals surface area contributed by atoms with Gasteiger partial charge in [-0.1, -0.05) is 42.5 Å². The Morgan fingerprint density at radius 3 is 2.54 bits per heavy atom. The Morgan fingerprint density at radius 1 is 1.14 bits per heavy atom. The SMILES string of the molecule is Cc1ccc(C(=O)/C=C/c2c(C)nn(Cc3ccccc3)c2C)cc1[N+](=O)[O-]. The Morgan fingerprint density at radius 2 is 1.86 bits per heavy atom. The summed E-state index contributed by atoms with van der Waals surface area (Å²) in [7, 11) is 0. The Balaban J connectivity index is 1.83. The molecule has 0 N–H and O–H groups in total.